The zero-order valence-corrected chi connectivity index (χ0v) is 10.8. The zero-order valence-electron chi connectivity index (χ0n) is 10.8. The van der Waals surface area contributed by atoms with E-state index in [-0.39, 0.29) is 6.04 Å². The van der Waals surface area contributed by atoms with Gasteiger partial charge in [-0.15, -0.1) is 0 Å². The molecule has 0 aliphatic heterocycles. The van der Waals surface area contributed by atoms with Gasteiger partial charge in [-0.25, -0.2) is 0 Å². The van der Waals surface area contributed by atoms with Crippen LogP contribution in [0.25, 0.3) is 0 Å². The van der Waals surface area contributed by atoms with Crippen LogP contribution in [0, 0.1) is 6.92 Å². The predicted octanol–water partition coefficient (Wildman–Crippen LogP) is 2.97. The summed E-state index contributed by atoms with van der Waals surface area (Å²) in [7, 11) is 0. The summed E-state index contributed by atoms with van der Waals surface area (Å²) in [4.78, 5) is 0. The Labute approximate surface area is 107 Å². The Kier molecular flexibility index (Phi) is 4.18. The molecule has 2 rings (SSSR count). The highest BCUT2D eigenvalue weighted by Crippen LogP contribution is 2.16. The van der Waals surface area contributed by atoms with Crippen LogP contribution in [-0.2, 0) is 0 Å². The molecular formula is C15H19NO2. The van der Waals surface area contributed by atoms with Crippen molar-refractivity contribution in [1.29, 1.82) is 0 Å². The van der Waals surface area contributed by atoms with Gasteiger partial charge in [-0.3, -0.25) is 0 Å². The van der Waals surface area contributed by atoms with Crippen LogP contribution in [0.5, 0.6) is 0 Å². The number of nitrogens with one attached hydrogen (secondary N) is 1. The topological polar surface area (TPSA) is 45.4 Å². The molecule has 3 nitrogen and oxygen atoms in total. The van der Waals surface area contributed by atoms with E-state index in [0.717, 1.165) is 0 Å². The smallest absolute Gasteiger partial charge is 0.133 e. The first-order chi connectivity index (χ1) is 8.66. The first kappa shape index (κ1) is 12.9. The van der Waals surface area contributed by atoms with Crippen LogP contribution >= 0.6 is 0 Å². The van der Waals surface area contributed by atoms with Crippen LogP contribution in [-0.4, -0.2) is 11.7 Å². The molecule has 2 aromatic rings. The normalized spacial score (nSPS) is 14.4. The molecule has 0 saturated heterocycles. The van der Waals surface area contributed by atoms with E-state index in [9.17, 15) is 5.11 Å². The monoisotopic (exact) mass is 245 g/mol. The van der Waals surface area contributed by atoms with Crippen LogP contribution in [0.2, 0.25) is 0 Å². The molecule has 3 heteroatoms. The van der Waals surface area contributed by atoms with Crippen molar-refractivity contribution in [2.75, 3.05) is 6.54 Å². The minimum atomic E-state index is -0.604. The van der Waals surface area contributed by atoms with Crippen LogP contribution in [0.1, 0.15) is 36.0 Å². The fraction of sp³-hybridized carbons (Fsp3) is 0.333. The Morgan fingerprint density at radius 1 is 1.22 bits per heavy atom. The number of hydrogen-bond acceptors (Lipinski definition) is 3. The molecule has 1 aromatic heterocycles. The van der Waals surface area contributed by atoms with Gasteiger partial charge in [-0.2, -0.15) is 0 Å². The van der Waals surface area contributed by atoms with Crippen LogP contribution < -0.4 is 5.32 Å². The molecule has 0 amide bonds. The standard InChI is InChI=1S/C15H19NO2/c1-11-5-7-13(8-6-11)12(2)16-10-14(17)15-4-3-9-18-15/h3-9,12,14,16-17H,10H2,1-2H3/t12-,14?/m0/s1. The molecule has 1 heterocycles. The van der Waals surface area contributed by atoms with E-state index >= 15 is 0 Å². The number of aryl methyl sites for hydroxylation is 1. The van der Waals surface area contributed by atoms with Gasteiger partial charge in [0, 0.05) is 12.6 Å². The van der Waals surface area contributed by atoms with Crippen LogP contribution in [0.4, 0.5) is 0 Å². The molecule has 0 fully saturated rings. The van der Waals surface area contributed by atoms with Crippen molar-refractivity contribution in [2.24, 2.45) is 0 Å². The van der Waals surface area contributed by atoms with Gasteiger partial charge < -0.3 is 14.8 Å². The lowest BCUT2D eigenvalue weighted by atomic mass is 10.1. The molecule has 0 radical (unpaired) electrons. The molecule has 1 unspecified atom stereocenters. The number of furan rings is 1. The molecule has 1 aromatic carbocycles. The Morgan fingerprint density at radius 3 is 2.56 bits per heavy atom. The van der Waals surface area contributed by atoms with Gasteiger partial charge in [-0.05, 0) is 31.5 Å². The molecule has 0 aliphatic rings. The maximum atomic E-state index is 9.89. The predicted molar refractivity (Wildman–Crippen MR) is 71.3 cm³/mol. The molecule has 2 atom stereocenters. The van der Waals surface area contributed by atoms with E-state index in [1.165, 1.54) is 11.1 Å². The van der Waals surface area contributed by atoms with Gasteiger partial charge in [0.2, 0.25) is 0 Å². The number of rotatable bonds is 5. The number of aliphatic hydroxyl groups is 1. The lowest BCUT2D eigenvalue weighted by molar-refractivity contribution is 0.144. The van der Waals surface area contributed by atoms with Gasteiger partial charge in [0.15, 0.2) is 0 Å². The van der Waals surface area contributed by atoms with Crippen LogP contribution in [0.15, 0.2) is 47.1 Å². The van der Waals surface area contributed by atoms with E-state index in [1.54, 1.807) is 18.4 Å². The largest absolute Gasteiger partial charge is 0.467 e. The van der Waals surface area contributed by atoms with E-state index in [0.29, 0.717) is 12.3 Å². The number of hydrogen-bond donors (Lipinski definition) is 2. The SMILES string of the molecule is Cc1ccc([C@H](C)NCC(O)c2ccco2)cc1. The Balaban J connectivity index is 1.88. The highest BCUT2D eigenvalue weighted by Gasteiger charge is 2.12. The zero-order chi connectivity index (χ0) is 13.0. The van der Waals surface area contributed by atoms with Crippen molar-refractivity contribution < 1.29 is 9.52 Å². The highest BCUT2D eigenvalue weighted by molar-refractivity contribution is 5.23. The Bertz CT molecular complexity index is 462. The van der Waals surface area contributed by atoms with E-state index < -0.39 is 6.10 Å². The highest BCUT2D eigenvalue weighted by atomic mass is 16.4. The average molecular weight is 245 g/mol. The second kappa shape index (κ2) is 5.85. The molecule has 0 saturated carbocycles. The first-order valence-corrected chi connectivity index (χ1v) is 6.18. The third-order valence-electron chi connectivity index (χ3n) is 3.07. The van der Waals surface area contributed by atoms with Crippen molar-refractivity contribution in [1.82, 2.24) is 5.32 Å². The van der Waals surface area contributed by atoms with E-state index in [1.807, 2.05) is 0 Å². The fourth-order valence-electron chi connectivity index (χ4n) is 1.84. The second-order valence-corrected chi connectivity index (χ2v) is 4.57. The Hall–Kier alpha value is -1.58. The number of benzene rings is 1. The summed E-state index contributed by atoms with van der Waals surface area (Å²) in [6, 6.07) is 12.2. The molecule has 2 N–H and O–H groups in total. The van der Waals surface area contributed by atoms with Gasteiger partial charge in [-0.1, -0.05) is 29.8 Å². The average Bonchev–Trinajstić information content (AvgIpc) is 2.90. The summed E-state index contributed by atoms with van der Waals surface area (Å²) < 4.78 is 5.16. The van der Waals surface area contributed by atoms with Crippen molar-refractivity contribution >= 4 is 0 Å². The van der Waals surface area contributed by atoms with Crippen LogP contribution in [0.3, 0.4) is 0 Å². The molecule has 0 aliphatic carbocycles. The van der Waals surface area contributed by atoms with Gasteiger partial charge in [0.25, 0.3) is 0 Å². The maximum absolute atomic E-state index is 9.89. The summed E-state index contributed by atoms with van der Waals surface area (Å²) in [5, 5.41) is 13.2. The first-order valence-electron chi connectivity index (χ1n) is 6.18. The lowest BCUT2D eigenvalue weighted by Gasteiger charge is -2.16. The molecule has 96 valence electrons. The molecule has 0 bridgehead atoms. The fourth-order valence-corrected chi connectivity index (χ4v) is 1.84. The summed E-state index contributed by atoms with van der Waals surface area (Å²) in [6.07, 6.45) is 0.968. The maximum Gasteiger partial charge on any atom is 0.133 e. The van der Waals surface area contributed by atoms with E-state index in [4.69, 9.17) is 4.42 Å². The quantitative estimate of drug-likeness (QED) is 0.851. The lowest BCUT2D eigenvalue weighted by Crippen LogP contribution is -2.24. The molecule has 0 spiro atoms. The second-order valence-electron chi connectivity index (χ2n) is 4.57. The molecule has 18 heavy (non-hydrogen) atoms. The Morgan fingerprint density at radius 2 is 1.94 bits per heavy atom. The van der Waals surface area contributed by atoms with Crippen molar-refractivity contribution in [3.63, 3.8) is 0 Å². The van der Waals surface area contributed by atoms with Gasteiger partial charge in [0.05, 0.1) is 6.26 Å². The third-order valence-corrected chi connectivity index (χ3v) is 3.07. The van der Waals surface area contributed by atoms with Gasteiger partial charge in [0.1, 0.15) is 11.9 Å². The van der Waals surface area contributed by atoms with Crippen molar-refractivity contribution in [2.45, 2.75) is 26.0 Å². The minimum absolute atomic E-state index is 0.204. The summed E-state index contributed by atoms with van der Waals surface area (Å²) in [5.41, 5.74) is 2.47. The van der Waals surface area contributed by atoms with E-state index in [2.05, 4.69) is 43.4 Å². The summed E-state index contributed by atoms with van der Waals surface area (Å²) in [6.45, 7) is 4.63. The molecular weight excluding hydrogens is 226 g/mol. The number of aliphatic hydroxyl groups excluding tert-OH is 1. The summed E-state index contributed by atoms with van der Waals surface area (Å²) >= 11 is 0. The van der Waals surface area contributed by atoms with Gasteiger partial charge >= 0.3 is 0 Å². The van der Waals surface area contributed by atoms with Crippen molar-refractivity contribution in [3.8, 4) is 0 Å². The van der Waals surface area contributed by atoms with Crippen molar-refractivity contribution in [3.05, 3.63) is 59.5 Å². The summed E-state index contributed by atoms with van der Waals surface area (Å²) in [5.74, 6) is 0.596. The third kappa shape index (κ3) is 3.22. The minimum Gasteiger partial charge on any atom is -0.467 e.